The van der Waals surface area contributed by atoms with E-state index in [1.807, 2.05) is 53.1 Å². The summed E-state index contributed by atoms with van der Waals surface area (Å²) in [6.45, 7) is 0. The molecule has 0 spiro atoms. The van der Waals surface area contributed by atoms with Crippen LogP contribution in [0.2, 0.25) is 0 Å². The van der Waals surface area contributed by atoms with E-state index in [1.54, 1.807) is 12.4 Å². The zero-order valence-electron chi connectivity index (χ0n) is 13.7. The van der Waals surface area contributed by atoms with Crippen LogP contribution in [0.3, 0.4) is 0 Å². The molecule has 4 rings (SSSR count). The smallest absolute Gasteiger partial charge is 0.188 e. The number of hydrogen-bond acceptors (Lipinski definition) is 3. The summed E-state index contributed by atoms with van der Waals surface area (Å²) in [5.74, 6) is -1.01. The number of aromatic nitrogens is 3. The number of nitrogens with zero attached hydrogens (tertiary/aromatic N) is 3. The third-order valence-corrected chi connectivity index (χ3v) is 4.09. The van der Waals surface area contributed by atoms with Crippen LogP contribution in [0, 0.1) is 5.82 Å². The molecule has 2 aromatic heterocycles. The van der Waals surface area contributed by atoms with Crippen LogP contribution in [-0.4, -0.2) is 20.3 Å². The second-order valence-corrected chi connectivity index (χ2v) is 5.75. The van der Waals surface area contributed by atoms with Crippen LogP contribution in [0.15, 0.2) is 79.4 Å². The van der Waals surface area contributed by atoms with Gasteiger partial charge in [-0.25, -0.2) is 9.37 Å². The maximum atomic E-state index is 13.6. The quantitative estimate of drug-likeness (QED) is 0.406. The number of pyridine rings is 1. The normalized spacial score (nSPS) is 11.3. The number of hydrogen-bond donors (Lipinski definition) is 0. The van der Waals surface area contributed by atoms with Gasteiger partial charge in [-0.2, -0.15) is 0 Å². The van der Waals surface area contributed by atoms with Crippen molar-refractivity contribution in [1.29, 1.82) is 0 Å². The van der Waals surface area contributed by atoms with Gasteiger partial charge in [0.1, 0.15) is 6.33 Å². The lowest BCUT2D eigenvalue weighted by Gasteiger charge is -2.04. The highest BCUT2D eigenvalue weighted by molar-refractivity contribution is 6.06. The zero-order chi connectivity index (χ0) is 17.9. The topological polar surface area (TPSA) is 47.8 Å². The van der Waals surface area contributed by atoms with Crippen molar-refractivity contribution >= 4 is 22.9 Å². The first-order valence-corrected chi connectivity index (χ1v) is 8.07. The molecule has 4 aromatic rings. The first-order valence-electron chi connectivity index (χ1n) is 8.07. The van der Waals surface area contributed by atoms with Gasteiger partial charge in [0, 0.05) is 11.9 Å². The fraction of sp³-hybridized carbons (Fsp3) is 0. The number of fused-ring (bicyclic) bond motifs is 1. The molecule has 0 atom stereocenters. The van der Waals surface area contributed by atoms with Crippen LogP contribution in [0.4, 0.5) is 4.39 Å². The number of carbonyl (C=O) groups excluding carboxylic acids is 1. The molecule has 0 N–H and O–H groups in total. The van der Waals surface area contributed by atoms with Crippen LogP contribution < -0.4 is 0 Å². The molecule has 0 radical (unpaired) electrons. The maximum Gasteiger partial charge on any atom is 0.188 e. The van der Waals surface area contributed by atoms with Gasteiger partial charge in [-0.3, -0.25) is 14.3 Å². The summed E-state index contributed by atoms with van der Waals surface area (Å²) < 4.78 is 15.6. The van der Waals surface area contributed by atoms with E-state index in [0.717, 1.165) is 28.5 Å². The Morgan fingerprint density at radius 3 is 2.65 bits per heavy atom. The second-order valence-electron chi connectivity index (χ2n) is 5.75. The number of allylic oxidation sites excluding steroid dienone is 1. The third-order valence-electron chi connectivity index (χ3n) is 4.09. The molecule has 0 saturated carbocycles. The van der Waals surface area contributed by atoms with Crippen molar-refractivity contribution in [3.05, 3.63) is 96.3 Å². The Kier molecular flexibility index (Phi) is 4.11. The lowest BCUT2D eigenvalue weighted by molar-refractivity contribution is 0.104. The molecule has 5 heteroatoms. The van der Waals surface area contributed by atoms with E-state index in [2.05, 4.69) is 9.97 Å². The first-order chi connectivity index (χ1) is 12.7. The molecule has 2 heterocycles. The molecule has 0 bridgehead atoms. The number of para-hydroxylation sites is 2. The summed E-state index contributed by atoms with van der Waals surface area (Å²) in [6.07, 6.45) is 7.24. The summed E-state index contributed by atoms with van der Waals surface area (Å²) in [5, 5.41) is 0. The van der Waals surface area contributed by atoms with E-state index >= 15 is 0 Å². The SMILES string of the molecule is O=C(/C=C/c1ccc(-n2cnc3ccccc32)cc1)c1ccncc1F. The van der Waals surface area contributed by atoms with Gasteiger partial charge < -0.3 is 0 Å². The molecule has 0 aliphatic heterocycles. The number of ketones is 1. The third kappa shape index (κ3) is 3.02. The zero-order valence-corrected chi connectivity index (χ0v) is 13.7. The van der Waals surface area contributed by atoms with Gasteiger partial charge >= 0.3 is 0 Å². The molecule has 0 fully saturated rings. The summed E-state index contributed by atoms with van der Waals surface area (Å²) in [4.78, 5) is 20.1. The van der Waals surface area contributed by atoms with Gasteiger partial charge in [-0.05, 0) is 42.0 Å². The van der Waals surface area contributed by atoms with E-state index < -0.39 is 11.6 Å². The average Bonchev–Trinajstić information content (AvgIpc) is 3.11. The first kappa shape index (κ1) is 15.9. The monoisotopic (exact) mass is 343 g/mol. The largest absolute Gasteiger partial charge is 0.299 e. The standard InChI is InChI=1S/C21H14FN3O/c22-18-13-23-12-11-17(18)21(26)10-7-15-5-8-16(9-6-15)25-14-24-19-3-1-2-4-20(19)25/h1-14H/b10-7+. The molecule has 0 unspecified atom stereocenters. The fourth-order valence-corrected chi connectivity index (χ4v) is 2.75. The lowest BCUT2D eigenvalue weighted by Crippen LogP contribution is -1.98. The molecule has 0 aliphatic carbocycles. The average molecular weight is 343 g/mol. The molecule has 0 saturated heterocycles. The molecular weight excluding hydrogens is 329 g/mol. The van der Waals surface area contributed by atoms with Crippen molar-refractivity contribution in [2.75, 3.05) is 0 Å². The predicted octanol–water partition coefficient (Wildman–Crippen LogP) is 4.46. The van der Waals surface area contributed by atoms with Gasteiger partial charge in [0.15, 0.2) is 11.6 Å². The fourth-order valence-electron chi connectivity index (χ4n) is 2.75. The minimum absolute atomic E-state index is 0.0118. The second kappa shape index (κ2) is 6.72. The summed E-state index contributed by atoms with van der Waals surface area (Å²) in [5.41, 5.74) is 3.79. The molecule has 26 heavy (non-hydrogen) atoms. The molecular formula is C21H14FN3O. The van der Waals surface area contributed by atoms with Gasteiger partial charge in [0.25, 0.3) is 0 Å². The van der Waals surface area contributed by atoms with Crippen molar-refractivity contribution in [3.63, 3.8) is 0 Å². The highest BCUT2D eigenvalue weighted by Crippen LogP contribution is 2.18. The van der Waals surface area contributed by atoms with E-state index in [1.165, 1.54) is 18.3 Å². The predicted molar refractivity (Wildman–Crippen MR) is 98.6 cm³/mol. The number of carbonyl (C=O) groups is 1. The summed E-state index contributed by atoms with van der Waals surface area (Å²) in [7, 11) is 0. The molecule has 0 amide bonds. The lowest BCUT2D eigenvalue weighted by atomic mass is 10.1. The van der Waals surface area contributed by atoms with Crippen LogP contribution in [-0.2, 0) is 0 Å². The van der Waals surface area contributed by atoms with Crippen molar-refractivity contribution in [3.8, 4) is 5.69 Å². The Morgan fingerprint density at radius 2 is 1.85 bits per heavy atom. The number of imidazole rings is 1. The minimum Gasteiger partial charge on any atom is -0.299 e. The van der Waals surface area contributed by atoms with Gasteiger partial charge in [0.05, 0.1) is 22.8 Å². The summed E-state index contributed by atoms with van der Waals surface area (Å²) in [6, 6.07) is 17.0. The van der Waals surface area contributed by atoms with E-state index in [9.17, 15) is 9.18 Å². The molecule has 2 aromatic carbocycles. The van der Waals surface area contributed by atoms with Gasteiger partial charge in [-0.1, -0.05) is 30.3 Å². The van der Waals surface area contributed by atoms with Crippen molar-refractivity contribution < 1.29 is 9.18 Å². The van der Waals surface area contributed by atoms with Gasteiger partial charge in [0.2, 0.25) is 0 Å². The van der Waals surface area contributed by atoms with Crippen molar-refractivity contribution in [2.45, 2.75) is 0 Å². The van der Waals surface area contributed by atoms with Crippen LogP contribution in [0.5, 0.6) is 0 Å². The number of halogens is 1. The molecule has 4 nitrogen and oxygen atoms in total. The van der Waals surface area contributed by atoms with Gasteiger partial charge in [-0.15, -0.1) is 0 Å². The Hall–Kier alpha value is -3.60. The Bertz CT molecular complexity index is 1110. The van der Waals surface area contributed by atoms with Crippen molar-refractivity contribution in [2.24, 2.45) is 0 Å². The minimum atomic E-state index is -0.621. The number of benzene rings is 2. The van der Waals surface area contributed by atoms with E-state index in [0.29, 0.717) is 0 Å². The highest BCUT2D eigenvalue weighted by atomic mass is 19.1. The Balaban J connectivity index is 1.57. The van der Waals surface area contributed by atoms with E-state index in [-0.39, 0.29) is 5.56 Å². The Labute approximate surface area is 149 Å². The Morgan fingerprint density at radius 1 is 1.04 bits per heavy atom. The van der Waals surface area contributed by atoms with E-state index in [4.69, 9.17) is 0 Å². The summed E-state index contributed by atoms with van der Waals surface area (Å²) >= 11 is 0. The molecule has 0 aliphatic rings. The molecule has 126 valence electrons. The maximum absolute atomic E-state index is 13.6. The van der Waals surface area contributed by atoms with Crippen LogP contribution in [0.1, 0.15) is 15.9 Å². The highest BCUT2D eigenvalue weighted by Gasteiger charge is 2.08. The van der Waals surface area contributed by atoms with Crippen LogP contribution in [0.25, 0.3) is 22.8 Å². The van der Waals surface area contributed by atoms with Crippen LogP contribution >= 0.6 is 0 Å². The van der Waals surface area contributed by atoms with Crippen molar-refractivity contribution in [1.82, 2.24) is 14.5 Å². The number of rotatable bonds is 4.